The minimum absolute atomic E-state index is 0.0435. The maximum atomic E-state index is 14.2. The minimum Gasteiger partial charge on any atom is -0.394 e. The fourth-order valence-corrected chi connectivity index (χ4v) is 6.45. The van der Waals surface area contributed by atoms with Crippen LogP contribution in [-0.2, 0) is 14.3 Å². The number of carbonyl (C=O) groups is 1. The number of halogens is 5. The number of ether oxygens (including phenoxy) is 2. The van der Waals surface area contributed by atoms with Gasteiger partial charge in [0.2, 0.25) is 0 Å². The van der Waals surface area contributed by atoms with E-state index in [0.29, 0.717) is 27.5 Å². The number of methoxy groups -OCH3 is 1. The molecule has 1 saturated heterocycles. The van der Waals surface area contributed by atoms with Crippen molar-refractivity contribution in [1.82, 2.24) is 15.0 Å². The molecule has 10 nitrogen and oxygen atoms in total. The Hall–Kier alpha value is -2.40. The lowest BCUT2D eigenvalue weighted by Gasteiger charge is -2.47. The second-order valence-corrected chi connectivity index (χ2v) is 11.7. The molecule has 0 unspecified atom stereocenters. The summed E-state index contributed by atoms with van der Waals surface area (Å²) in [6.45, 7) is -0.664. The van der Waals surface area contributed by atoms with Crippen LogP contribution in [0.3, 0.4) is 0 Å². The fraction of sp³-hybridized carbons (Fsp3) is 0.423. The van der Waals surface area contributed by atoms with E-state index < -0.39 is 72.6 Å². The molecule has 15 heteroatoms. The van der Waals surface area contributed by atoms with Crippen LogP contribution in [0.15, 0.2) is 45.5 Å². The predicted octanol–water partition coefficient (Wildman–Crippen LogP) is 3.12. The van der Waals surface area contributed by atoms with E-state index in [4.69, 9.17) is 9.47 Å². The second-order valence-electron chi connectivity index (χ2n) is 9.84. The van der Waals surface area contributed by atoms with Gasteiger partial charge in [-0.2, -0.15) is 0 Å². The highest BCUT2D eigenvalue weighted by Crippen LogP contribution is 2.38. The quantitative estimate of drug-likeness (QED) is 0.320. The number of aromatic nitrogens is 3. The van der Waals surface area contributed by atoms with Crippen LogP contribution in [0.25, 0.3) is 11.3 Å². The third kappa shape index (κ3) is 5.68. The van der Waals surface area contributed by atoms with E-state index in [-0.39, 0.29) is 11.3 Å². The van der Waals surface area contributed by atoms with Gasteiger partial charge in [0.1, 0.15) is 30.0 Å². The maximum absolute atomic E-state index is 14.2. The Labute approximate surface area is 248 Å². The Morgan fingerprint density at radius 3 is 2.32 bits per heavy atom. The fourth-order valence-electron chi connectivity index (χ4n) is 5.18. The van der Waals surface area contributed by atoms with Crippen molar-refractivity contribution in [3.05, 3.63) is 62.9 Å². The predicted molar refractivity (Wildman–Crippen MR) is 145 cm³/mol. The summed E-state index contributed by atoms with van der Waals surface area (Å²) >= 11 is 6.84. The average molecular weight is 706 g/mol. The van der Waals surface area contributed by atoms with Crippen LogP contribution in [0, 0.1) is 17.5 Å². The first-order chi connectivity index (χ1) is 19.5. The van der Waals surface area contributed by atoms with Gasteiger partial charge in [-0.15, -0.1) is 5.10 Å². The number of aliphatic hydroxyl groups is 3. The molecule has 2 aromatic carbocycles. The number of rotatable bonds is 7. The SMILES string of the molecule is CO[C@@H]1[C@@H](n2cc(-c3cc(F)c(F)c(F)c3)nn2)[C@@H](O)[C@@H](CO)O[C@H]1C(=O)N(c1cc(Br)cc(Br)c1)[C@@H]1CC[C@H]1O. The maximum Gasteiger partial charge on any atom is 0.259 e. The average Bonchev–Trinajstić information content (AvgIpc) is 3.42. The van der Waals surface area contributed by atoms with E-state index >= 15 is 0 Å². The summed E-state index contributed by atoms with van der Waals surface area (Å²) in [5, 5.41) is 39.6. The van der Waals surface area contributed by atoms with Crippen molar-refractivity contribution in [3.63, 3.8) is 0 Å². The summed E-state index contributed by atoms with van der Waals surface area (Å²) in [7, 11) is 1.30. The number of hydrogen-bond acceptors (Lipinski definition) is 8. The molecule has 7 atom stereocenters. The Balaban J connectivity index is 1.53. The Morgan fingerprint density at radius 1 is 1.12 bits per heavy atom. The van der Waals surface area contributed by atoms with Gasteiger partial charge in [0, 0.05) is 27.3 Å². The molecular weight excluding hydrogens is 681 g/mol. The van der Waals surface area contributed by atoms with Gasteiger partial charge in [0.05, 0.1) is 24.9 Å². The van der Waals surface area contributed by atoms with Crippen molar-refractivity contribution >= 4 is 43.5 Å². The van der Waals surface area contributed by atoms with Crippen molar-refractivity contribution in [1.29, 1.82) is 0 Å². The molecule has 1 aromatic heterocycles. The molecule has 2 fully saturated rings. The van der Waals surface area contributed by atoms with Gasteiger partial charge in [0.25, 0.3) is 5.91 Å². The summed E-state index contributed by atoms with van der Waals surface area (Å²) in [4.78, 5) is 15.6. The molecule has 1 amide bonds. The van der Waals surface area contributed by atoms with Gasteiger partial charge in [0.15, 0.2) is 23.6 Å². The zero-order valence-corrected chi connectivity index (χ0v) is 24.5. The standard InChI is InChI=1S/C26H25Br2F3N4O6/c1-40-24-22(34-9-17(32-33-34)11-4-15(29)21(31)16(30)5-11)23(38)20(10-36)41-25(24)26(39)35(18-2-3-19(18)37)14-7-12(27)6-13(28)8-14/h4-9,18-20,22-25,36-38H,2-3,10H2,1H3/t18-,19-,20-,22+,23+,24-,25-/m1/s1. The molecule has 220 valence electrons. The van der Waals surface area contributed by atoms with E-state index in [1.165, 1.54) is 18.2 Å². The largest absolute Gasteiger partial charge is 0.394 e. The van der Waals surface area contributed by atoms with Crippen LogP contribution in [0.5, 0.6) is 0 Å². The summed E-state index contributed by atoms with van der Waals surface area (Å²) < 4.78 is 55.2. The van der Waals surface area contributed by atoms with Crippen LogP contribution in [0.2, 0.25) is 0 Å². The van der Waals surface area contributed by atoms with Crippen LogP contribution in [0.4, 0.5) is 18.9 Å². The number of carbonyl (C=O) groups excluding carboxylic acids is 1. The minimum atomic E-state index is -1.63. The van der Waals surface area contributed by atoms with Crippen molar-refractivity contribution in [2.24, 2.45) is 0 Å². The zero-order chi connectivity index (χ0) is 29.6. The molecule has 1 aliphatic heterocycles. The highest BCUT2D eigenvalue weighted by Gasteiger charge is 2.52. The van der Waals surface area contributed by atoms with Crippen LogP contribution >= 0.6 is 31.9 Å². The Morgan fingerprint density at radius 2 is 1.78 bits per heavy atom. The number of benzene rings is 2. The highest BCUT2D eigenvalue weighted by atomic mass is 79.9. The van der Waals surface area contributed by atoms with Crippen molar-refractivity contribution < 1.29 is 42.8 Å². The molecule has 0 spiro atoms. The smallest absolute Gasteiger partial charge is 0.259 e. The molecule has 0 radical (unpaired) electrons. The molecule has 1 saturated carbocycles. The molecule has 5 rings (SSSR count). The number of anilines is 1. The van der Waals surface area contributed by atoms with Gasteiger partial charge >= 0.3 is 0 Å². The van der Waals surface area contributed by atoms with Crippen molar-refractivity contribution in [2.45, 2.75) is 55.4 Å². The van der Waals surface area contributed by atoms with Gasteiger partial charge in [-0.05, 0) is 43.2 Å². The third-order valence-corrected chi connectivity index (χ3v) is 8.29. The van der Waals surface area contributed by atoms with Gasteiger partial charge in [-0.3, -0.25) is 4.79 Å². The van der Waals surface area contributed by atoms with Gasteiger partial charge in [-0.1, -0.05) is 37.1 Å². The van der Waals surface area contributed by atoms with Gasteiger partial charge < -0.3 is 29.7 Å². The van der Waals surface area contributed by atoms with E-state index in [9.17, 15) is 33.3 Å². The third-order valence-electron chi connectivity index (χ3n) is 7.37. The summed E-state index contributed by atoms with van der Waals surface area (Å²) in [5.41, 5.74) is 0.308. The molecule has 1 aliphatic carbocycles. The van der Waals surface area contributed by atoms with Crippen LogP contribution in [-0.4, -0.2) is 86.5 Å². The molecule has 41 heavy (non-hydrogen) atoms. The zero-order valence-electron chi connectivity index (χ0n) is 21.4. The molecule has 0 bridgehead atoms. The van der Waals surface area contributed by atoms with Crippen LogP contribution in [0.1, 0.15) is 18.9 Å². The molecule has 2 aliphatic rings. The summed E-state index contributed by atoms with van der Waals surface area (Å²) in [6.07, 6.45) is -3.79. The van der Waals surface area contributed by atoms with Gasteiger partial charge in [-0.25, -0.2) is 17.9 Å². The normalized spacial score (nSPS) is 27.9. The first-order valence-corrected chi connectivity index (χ1v) is 14.1. The van der Waals surface area contributed by atoms with E-state index in [1.807, 2.05) is 0 Å². The number of amides is 1. The summed E-state index contributed by atoms with van der Waals surface area (Å²) in [6, 6.07) is 4.98. The molecule has 3 N–H and O–H groups in total. The van der Waals surface area contributed by atoms with Crippen molar-refractivity contribution in [2.75, 3.05) is 18.6 Å². The van der Waals surface area contributed by atoms with E-state index in [1.54, 1.807) is 18.2 Å². The van der Waals surface area contributed by atoms with Crippen molar-refractivity contribution in [3.8, 4) is 11.3 Å². The number of aliphatic hydroxyl groups excluding tert-OH is 3. The Bertz CT molecular complexity index is 1400. The lowest BCUT2D eigenvalue weighted by Crippen LogP contribution is -2.64. The number of nitrogens with zero attached hydrogens (tertiary/aromatic N) is 4. The van der Waals surface area contributed by atoms with Crippen LogP contribution < -0.4 is 4.90 Å². The molecule has 2 heterocycles. The first kappa shape index (κ1) is 30.1. The number of hydrogen-bond donors (Lipinski definition) is 3. The second kappa shape index (κ2) is 12.1. The van der Waals surface area contributed by atoms with E-state index in [2.05, 4.69) is 42.2 Å². The summed E-state index contributed by atoms with van der Waals surface area (Å²) in [5.74, 6) is -5.06. The monoisotopic (exact) mass is 704 g/mol. The molecular formula is C26H25Br2F3N4O6. The Kier molecular flexibility index (Phi) is 8.85. The lowest BCUT2D eigenvalue weighted by molar-refractivity contribution is -0.211. The highest BCUT2D eigenvalue weighted by molar-refractivity contribution is 9.11. The first-order valence-electron chi connectivity index (χ1n) is 12.5. The lowest BCUT2D eigenvalue weighted by atomic mass is 9.85. The van der Waals surface area contributed by atoms with E-state index in [0.717, 1.165) is 16.8 Å². The molecule has 3 aromatic rings. The topological polar surface area (TPSA) is 130 Å².